The Morgan fingerprint density at radius 2 is 1.81 bits per heavy atom. The number of hydrogen-bond acceptors (Lipinski definition) is 9. The van der Waals surface area contributed by atoms with Crippen molar-refractivity contribution in [3.05, 3.63) is 36.0 Å². The number of Topliss-reactive ketones (excluding diaryl/α,β-unsaturated/α-hetero) is 1. The predicted molar refractivity (Wildman–Crippen MR) is 159 cm³/mol. The summed E-state index contributed by atoms with van der Waals surface area (Å²) >= 11 is 0. The van der Waals surface area contributed by atoms with Crippen molar-refractivity contribution in [3.8, 4) is 0 Å². The Bertz CT molecular complexity index is 1060. The highest BCUT2D eigenvalue weighted by Crippen LogP contribution is 2.43. The van der Waals surface area contributed by atoms with Gasteiger partial charge in [0.2, 0.25) is 0 Å². The number of allylic oxidation sites excluding steroid dienone is 3. The summed E-state index contributed by atoms with van der Waals surface area (Å²) in [5, 5.41) is 19.8. The normalized spacial score (nSPS) is 34.1. The van der Waals surface area contributed by atoms with Crippen LogP contribution in [0.1, 0.15) is 78.6 Å². The van der Waals surface area contributed by atoms with E-state index in [9.17, 15) is 19.5 Å². The molecule has 0 bridgehead atoms. The molecule has 0 saturated carbocycles. The minimum absolute atomic E-state index is 0.00844. The van der Waals surface area contributed by atoms with Gasteiger partial charge in [-0.3, -0.25) is 9.59 Å². The van der Waals surface area contributed by atoms with E-state index in [1.165, 1.54) is 6.08 Å². The Hall–Kier alpha value is -2.37. The van der Waals surface area contributed by atoms with E-state index in [0.29, 0.717) is 19.4 Å². The van der Waals surface area contributed by atoms with Gasteiger partial charge in [-0.1, -0.05) is 23.8 Å². The Kier molecular flexibility index (Phi) is 12.1. The highest BCUT2D eigenvalue weighted by Gasteiger charge is 2.58. The molecule has 1 unspecified atom stereocenters. The third-order valence-corrected chi connectivity index (χ3v) is 9.02. The van der Waals surface area contributed by atoms with Crippen LogP contribution in [0.25, 0.3) is 0 Å². The van der Waals surface area contributed by atoms with Gasteiger partial charge in [-0.25, -0.2) is 4.79 Å². The van der Waals surface area contributed by atoms with Crippen molar-refractivity contribution in [2.75, 3.05) is 26.3 Å². The molecule has 10 nitrogen and oxygen atoms in total. The van der Waals surface area contributed by atoms with Crippen molar-refractivity contribution >= 4 is 17.7 Å². The van der Waals surface area contributed by atoms with Crippen LogP contribution in [0.4, 0.5) is 4.79 Å². The number of likely N-dealkylation sites (tertiary alicyclic amines) is 1. The molecular formula is C33H49NO9. The van der Waals surface area contributed by atoms with Gasteiger partial charge in [-0.05, 0) is 77.4 Å². The minimum atomic E-state index is -0.813. The fourth-order valence-corrected chi connectivity index (χ4v) is 6.23. The van der Waals surface area contributed by atoms with E-state index in [4.69, 9.17) is 24.1 Å². The lowest BCUT2D eigenvalue weighted by molar-refractivity contribution is -0.145. The average molecular weight is 604 g/mol. The van der Waals surface area contributed by atoms with Crippen LogP contribution in [-0.4, -0.2) is 101 Å². The number of epoxide rings is 1. The van der Waals surface area contributed by atoms with Crippen LogP contribution in [0.3, 0.4) is 0 Å². The number of carbonyl (C=O) groups is 3. The summed E-state index contributed by atoms with van der Waals surface area (Å²) in [5.74, 6) is -0.146. The molecular weight excluding hydrogens is 554 g/mol. The molecule has 0 radical (unpaired) electrons. The smallest absolute Gasteiger partial charge is 0.410 e. The monoisotopic (exact) mass is 603 g/mol. The van der Waals surface area contributed by atoms with Gasteiger partial charge < -0.3 is 34.1 Å². The van der Waals surface area contributed by atoms with Gasteiger partial charge in [0.15, 0.2) is 11.6 Å². The van der Waals surface area contributed by atoms with Crippen molar-refractivity contribution in [3.63, 3.8) is 0 Å². The molecule has 0 aromatic carbocycles. The van der Waals surface area contributed by atoms with Gasteiger partial charge in [0.05, 0.1) is 24.9 Å². The Morgan fingerprint density at radius 1 is 1.07 bits per heavy atom. The van der Waals surface area contributed by atoms with Crippen molar-refractivity contribution in [1.82, 2.24) is 4.90 Å². The zero-order valence-corrected chi connectivity index (χ0v) is 25.8. The van der Waals surface area contributed by atoms with Crippen molar-refractivity contribution < 1.29 is 43.5 Å². The summed E-state index contributed by atoms with van der Waals surface area (Å²) in [5.41, 5.74) is 0.340. The van der Waals surface area contributed by atoms with Crippen LogP contribution >= 0.6 is 0 Å². The van der Waals surface area contributed by atoms with Crippen LogP contribution in [0.5, 0.6) is 0 Å². The first-order valence-corrected chi connectivity index (χ1v) is 15.9. The molecule has 43 heavy (non-hydrogen) atoms. The van der Waals surface area contributed by atoms with E-state index in [1.807, 2.05) is 26.0 Å². The molecule has 4 aliphatic heterocycles. The van der Waals surface area contributed by atoms with Crippen LogP contribution < -0.4 is 0 Å². The fourth-order valence-electron chi connectivity index (χ4n) is 6.23. The number of piperidine rings is 1. The van der Waals surface area contributed by atoms with Gasteiger partial charge in [0.25, 0.3) is 0 Å². The molecule has 4 saturated heterocycles. The number of carbonyl (C=O) groups excluding carboxylic acids is 3. The lowest BCUT2D eigenvalue weighted by Gasteiger charge is -2.36. The van der Waals surface area contributed by atoms with Crippen molar-refractivity contribution in [2.45, 2.75) is 121 Å². The van der Waals surface area contributed by atoms with Gasteiger partial charge in [0.1, 0.15) is 30.5 Å². The molecule has 0 aliphatic carbocycles. The Morgan fingerprint density at radius 3 is 2.49 bits per heavy atom. The van der Waals surface area contributed by atoms with Crippen LogP contribution in [0.15, 0.2) is 36.0 Å². The van der Waals surface area contributed by atoms with Gasteiger partial charge in [-0.15, -0.1) is 0 Å². The number of ketones is 2. The highest BCUT2D eigenvalue weighted by atomic mass is 16.6. The summed E-state index contributed by atoms with van der Waals surface area (Å²) in [7, 11) is 0. The Balaban J connectivity index is 1.18. The first-order valence-electron chi connectivity index (χ1n) is 15.9. The summed E-state index contributed by atoms with van der Waals surface area (Å²) in [6, 6.07) is 0. The quantitative estimate of drug-likeness (QED) is 0.194. The molecule has 1 spiro atoms. The lowest BCUT2D eigenvalue weighted by atomic mass is 9.87. The molecule has 4 aliphatic rings. The first kappa shape index (κ1) is 33.5. The number of hydrogen-bond donors (Lipinski definition) is 2. The molecule has 0 aromatic rings. The maximum atomic E-state index is 12.6. The number of aliphatic hydroxyl groups is 2. The van der Waals surface area contributed by atoms with Crippen molar-refractivity contribution in [1.29, 1.82) is 0 Å². The molecule has 8 atom stereocenters. The summed E-state index contributed by atoms with van der Waals surface area (Å²) in [6.45, 7) is 7.14. The van der Waals surface area contributed by atoms with E-state index in [0.717, 1.165) is 57.2 Å². The maximum absolute atomic E-state index is 12.6. The average Bonchev–Trinajstić information content (AvgIpc) is 3.77. The molecule has 4 rings (SSSR count). The lowest BCUT2D eigenvalue weighted by Crippen LogP contribution is -2.50. The zero-order valence-electron chi connectivity index (χ0n) is 25.8. The third kappa shape index (κ3) is 9.81. The number of amides is 1. The first-order chi connectivity index (χ1) is 20.6. The fraction of sp³-hybridized carbons (Fsp3) is 0.727. The van der Waals surface area contributed by atoms with Crippen LogP contribution in [0.2, 0.25) is 0 Å². The van der Waals surface area contributed by atoms with E-state index in [2.05, 4.69) is 6.08 Å². The van der Waals surface area contributed by atoms with Crippen molar-refractivity contribution in [2.24, 2.45) is 5.92 Å². The molecule has 10 heteroatoms. The second-order valence-electron chi connectivity index (χ2n) is 12.6. The molecule has 0 aromatic heterocycles. The van der Waals surface area contributed by atoms with Gasteiger partial charge in [0, 0.05) is 32.4 Å². The molecule has 240 valence electrons. The van der Waals surface area contributed by atoms with E-state index < -0.39 is 36.6 Å². The third-order valence-electron chi connectivity index (χ3n) is 9.02. The zero-order chi connectivity index (χ0) is 31.0. The van der Waals surface area contributed by atoms with Crippen LogP contribution in [-0.2, 0) is 28.5 Å². The molecule has 4 fully saturated rings. The largest absolute Gasteiger partial charge is 0.442 e. The number of ether oxygens (including phenoxy) is 4. The standard InChI is InChI=1S/C33H49NO9/c1-22(8-14-30-31(38)33(21-40-33)19-29(43-30)18-27(37)20-35)7-12-28-13-10-25(24(3)42-28)17-26(36)11-9-23(2)41-32(39)34-15-5-4-6-16-34/h7-9,11,14,23-25,28-31,35,38H,4-6,10,12-13,15-21H2,1-3H3/b11-9-,14-8+,22-7+/t23-,24+,25-,28-,29+,30?,31+,33+/m0/s1. The number of nitrogens with zero attached hydrogens (tertiary/aromatic N) is 1. The molecule has 1 amide bonds. The Labute approximate surface area is 255 Å². The number of rotatable bonds is 12. The summed E-state index contributed by atoms with van der Waals surface area (Å²) in [6.07, 6.45) is 13.0. The predicted octanol–water partition coefficient (Wildman–Crippen LogP) is 3.83. The molecule has 2 N–H and O–H groups in total. The SMILES string of the molecule is CC(/C=C/C1O[C@H](CC(=O)CO)C[C@@]2(CO2)[C@@H]1O)=C\C[C@H]1CC[C@@H](CC(=O)/C=C\[C@H](C)OC(=O)N2CCCCC2)[C@@H](C)O1. The summed E-state index contributed by atoms with van der Waals surface area (Å²) in [4.78, 5) is 38.3. The maximum Gasteiger partial charge on any atom is 0.410 e. The number of aliphatic hydroxyl groups excluding tert-OH is 2. The second-order valence-corrected chi connectivity index (χ2v) is 12.6. The highest BCUT2D eigenvalue weighted by molar-refractivity contribution is 5.90. The van der Waals surface area contributed by atoms with Gasteiger partial charge in [-0.2, -0.15) is 0 Å². The van der Waals surface area contributed by atoms with Crippen LogP contribution in [0, 0.1) is 5.92 Å². The molecule has 4 heterocycles. The van der Waals surface area contributed by atoms with E-state index in [1.54, 1.807) is 17.9 Å². The minimum Gasteiger partial charge on any atom is -0.442 e. The second kappa shape index (κ2) is 15.6. The van der Waals surface area contributed by atoms with E-state index >= 15 is 0 Å². The topological polar surface area (TPSA) is 135 Å². The van der Waals surface area contributed by atoms with Gasteiger partial charge >= 0.3 is 6.09 Å². The van der Waals surface area contributed by atoms with E-state index in [-0.39, 0.29) is 42.2 Å². The summed E-state index contributed by atoms with van der Waals surface area (Å²) < 4.78 is 23.2.